The van der Waals surface area contributed by atoms with Crippen LogP contribution in [0.25, 0.3) is 5.76 Å². The largest absolute Gasteiger partial charge is 0.506 e. The molecule has 0 amide bonds. The zero-order chi connectivity index (χ0) is 14.3. The van der Waals surface area contributed by atoms with Crippen LogP contribution >= 0.6 is 11.6 Å². The molecule has 19 heavy (non-hydrogen) atoms. The van der Waals surface area contributed by atoms with E-state index in [4.69, 9.17) is 16.7 Å². The number of carboxylic acid groups (broad SMARTS) is 1. The molecular formula is C13H15ClN2O3. The molecule has 5 nitrogen and oxygen atoms in total. The summed E-state index contributed by atoms with van der Waals surface area (Å²) in [6.07, 6.45) is 2.93. The fourth-order valence-electron chi connectivity index (χ4n) is 1.33. The molecule has 0 saturated heterocycles. The Labute approximate surface area is 116 Å². The maximum atomic E-state index is 10.7. The average molecular weight is 283 g/mol. The molecule has 1 aromatic carbocycles. The van der Waals surface area contributed by atoms with Crippen LogP contribution in [0.15, 0.2) is 35.5 Å². The number of carboxylic acids is 1. The number of aliphatic hydroxyl groups is 1. The van der Waals surface area contributed by atoms with Crippen molar-refractivity contribution >= 4 is 29.5 Å². The predicted molar refractivity (Wildman–Crippen MR) is 75.7 cm³/mol. The minimum Gasteiger partial charge on any atom is -0.506 e. The Morgan fingerprint density at radius 3 is 2.58 bits per heavy atom. The lowest BCUT2D eigenvalue weighted by Crippen LogP contribution is -2.33. The highest BCUT2D eigenvalue weighted by molar-refractivity contribution is 6.30. The van der Waals surface area contributed by atoms with Crippen molar-refractivity contribution in [3.63, 3.8) is 0 Å². The van der Waals surface area contributed by atoms with Gasteiger partial charge in [-0.25, -0.2) is 0 Å². The lowest BCUT2D eigenvalue weighted by Gasteiger charge is -2.06. The standard InChI is InChI=1S/C13H15ClN2O3/c1-15-11(13(18)19)6-7-16-8-12(17)9-2-4-10(14)5-3-9/h2-5,7-8,11,15,17H,6H2,1H3,(H,18,19)/b12-8-,16-7?. The van der Waals surface area contributed by atoms with Gasteiger partial charge in [-0.05, 0) is 31.3 Å². The molecule has 0 aliphatic heterocycles. The monoisotopic (exact) mass is 282 g/mol. The molecule has 0 saturated carbocycles. The molecule has 6 heteroatoms. The van der Waals surface area contributed by atoms with Crippen molar-refractivity contribution in [2.45, 2.75) is 12.5 Å². The molecule has 0 aliphatic carbocycles. The van der Waals surface area contributed by atoms with Gasteiger partial charge < -0.3 is 15.5 Å². The Kier molecular flexibility index (Phi) is 6.05. The van der Waals surface area contributed by atoms with E-state index in [2.05, 4.69) is 10.3 Å². The van der Waals surface area contributed by atoms with Crippen LogP contribution in [0.3, 0.4) is 0 Å². The molecular weight excluding hydrogens is 268 g/mol. The number of carbonyl (C=O) groups is 1. The van der Waals surface area contributed by atoms with E-state index in [1.54, 1.807) is 31.3 Å². The van der Waals surface area contributed by atoms with Crippen LogP contribution < -0.4 is 5.32 Å². The van der Waals surface area contributed by atoms with E-state index < -0.39 is 12.0 Å². The maximum Gasteiger partial charge on any atom is 0.321 e. The quantitative estimate of drug-likeness (QED) is 0.552. The average Bonchev–Trinajstić information content (AvgIpc) is 2.38. The summed E-state index contributed by atoms with van der Waals surface area (Å²) in [5.74, 6) is -0.955. The van der Waals surface area contributed by atoms with Gasteiger partial charge >= 0.3 is 5.97 Å². The van der Waals surface area contributed by atoms with Crippen LogP contribution in [-0.2, 0) is 4.79 Å². The van der Waals surface area contributed by atoms with E-state index in [9.17, 15) is 9.90 Å². The SMILES string of the molecule is CNC(CC=N/C=C(\O)c1ccc(Cl)cc1)C(=O)O. The van der Waals surface area contributed by atoms with Gasteiger partial charge in [0.15, 0.2) is 0 Å². The summed E-state index contributed by atoms with van der Waals surface area (Å²) >= 11 is 5.73. The Morgan fingerprint density at radius 1 is 1.42 bits per heavy atom. The van der Waals surface area contributed by atoms with E-state index in [0.29, 0.717) is 10.6 Å². The molecule has 0 heterocycles. The van der Waals surface area contributed by atoms with Crippen LogP contribution in [0.2, 0.25) is 5.02 Å². The summed E-state index contributed by atoms with van der Waals surface area (Å²) in [7, 11) is 1.56. The molecule has 0 bridgehead atoms. The molecule has 0 spiro atoms. The van der Waals surface area contributed by atoms with E-state index in [0.717, 1.165) is 0 Å². The van der Waals surface area contributed by atoms with Gasteiger partial charge in [-0.15, -0.1) is 0 Å². The number of aliphatic imine (C=N–C) groups is 1. The van der Waals surface area contributed by atoms with Crippen LogP contribution in [0.4, 0.5) is 0 Å². The fourth-order valence-corrected chi connectivity index (χ4v) is 1.45. The number of benzene rings is 1. The van der Waals surface area contributed by atoms with Gasteiger partial charge in [0.05, 0.1) is 6.20 Å². The van der Waals surface area contributed by atoms with Crippen molar-refractivity contribution in [3.8, 4) is 0 Å². The molecule has 1 rings (SSSR count). The Hall–Kier alpha value is -1.85. The van der Waals surface area contributed by atoms with E-state index in [1.165, 1.54) is 12.4 Å². The van der Waals surface area contributed by atoms with Gasteiger partial charge in [-0.2, -0.15) is 0 Å². The van der Waals surface area contributed by atoms with E-state index in [1.807, 2.05) is 0 Å². The topological polar surface area (TPSA) is 81.9 Å². The minimum atomic E-state index is -0.945. The first-order chi connectivity index (χ1) is 9.04. The summed E-state index contributed by atoms with van der Waals surface area (Å²) in [5, 5.41) is 21.7. The highest BCUT2D eigenvalue weighted by Crippen LogP contribution is 2.15. The Morgan fingerprint density at radius 2 is 2.05 bits per heavy atom. The van der Waals surface area contributed by atoms with Crippen molar-refractivity contribution in [1.29, 1.82) is 0 Å². The third kappa shape index (κ3) is 5.11. The van der Waals surface area contributed by atoms with Crippen molar-refractivity contribution in [2.24, 2.45) is 4.99 Å². The van der Waals surface area contributed by atoms with Gasteiger partial charge in [0.2, 0.25) is 0 Å². The molecule has 3 N–H and O–H groups in total. The Balaban J connectivity index is 2.60. The zero-order valence-electron chi connectivity index (χ0n) is 10.4. The molecule has 0 radical (unpaired) electrons. The van der Waals surface area contributed by atoms with Gasteiger partial charge in [-0.3, -0.25) is 9.79 Å². The molecule has 1 unspecified atom stereocenters. The van der Waals surface area contributed by atoms with Crippen molar-refractivity contribution in [3.05, 3.63) is 41.1 Å². The van der Waals surface area contributed by atoms with Crippen LogP contribution in [-0.4, -0.2) is 35.5 Å². The smallest absolute Gasteiger partial charge is 0.321 e. The van der Waals surface area contributed by atoms with E-state index >= 15 is 0 Å². The summed E-state index contributed by atoms with van der Waals surface area (Å²) < 4.78 is 0. The molecule has 1 atom stereocenters. The molecule has 102 valence electrons. The summed E-state index contributed by atoms with van der Waals surface area (Å²) in [4.78, 5) is 14.6. The number of rotatable bonds is 6. The summed E-state index contributed by atoms with van der Waals surface area (Å²) in [6.45, 7) is 0. The third-order valence-electron chi connectivity index (χ3n) is 2.43. The number of aliphatic carboxylic acids is 1. The number of hydrogen-bond acceptors (Lipinski definition) is 4. The maximum absolute atomic E-state index is 10.7. The zero-order valence-corrected chi connectivity index (χ0v) is 11.1. The van der Waals surface area contributed by atoms with Crippen molar-refractivity contribution in [2.75, 3.05) is 7.05 Å². The second-order valence-corrected chi connectivity index (χ2v) is 4.20. The number of nitrogens with zero attached hydrogens (tertiary/aromatic N) is 1. The minimum absolute atomic E-state index is 0.00995. The third-order valence-corrected chi connectivity index (χ3v) is 2.68. The second kappa shape index (κ2) is 7.56. The van der Waals surface area contributed by atoms with Gasteiger partial charge in [0.1, 0.15) is 11.8 Å². The summed E-state index contributed by atoms with van der Waals surface area (Å²) in [6, 6.07) is 5.96. The van der Waals surface area contributed by atoms with Gasteiger partial charge in [-0.1, -0.05) is 11.6 Å². The van der Waals surface area contributed by atoms with Crippen LogP contribution in [0.1, 0.15) is 12.0 Å². The number of aliphatic hydroxyl groups excluding tert-OH is 1. The normalized spacial score (nSPS) is 13.7. The van der Waals surface area contributed by atoms with Crippen molar-refractivity contribution in [1.82, 2.24) is 5.32 Å². The molecule has 0 fully saturated rings. The second-order valence-electron chi connectivity index (χ2n) is 3.77. The van der Waals surface area contributed by atoms with Gasteiger partial charge in [0, 0.05) is 23.2 Å². The van der Waals surface area contributed by atoms with E-state index in [-0.39, 0.29) is 12.2 Å². The van der Waals surface area contributed by atoms with Gasteiger partial charge in [0.25, 0.3) is 0 Å². The lowest BCUT2D eigenvalue weighted by molar-refractivity contribution is -0.139. The number of likely N-dealkylation sites (N-methyl/N-ethyl adjacent to an activating group) is 1. The lowest BCUT2D eigenvalue weighted by atomic mass is 10.2. The highest BCUT2D eigenvalue weighted by Gasteiger charge is 2.12. The molecule has 0 aliphatic rings. The molecule has 1 aromatic rings. The first-order valence-corrected chi connectivity index (χ1v) is 5.99. The Bertz CT molecular complexity index is 483. The number of nitrogens with one attached hydrogen (secondary N) is 1. The first kappa shape index (κ1) is 15.2. The predicted octanol–water partition coefficient (Wildman–Crippen LogP) is 2.33. The number of hydrogen-bond donors (Lipinski definition) is 3. The fraction of sp³-hybridized carbons (Fsp3) is 0.231. The number of halogens is 1. The first-order valence-electron chi connectivity index (χ1n) is 5.61. The van der Waals surface area contributed by atoms with Crippen LogP contribution in [0, 0.1) is 0 Å². The summed E-state index contributed by atoms with van der Waals surface area (Å²) in [5.41, 5.74) is 0.588. The van der Waals surface area contributed by atoms with Crippen LogP contribution in [0.5, 0.6) is 0 Å². The van der Waals surface area contributed by atoms with Crippen molar-refractivity contribution < 1.29 is 15.0 Å². The molecule has 0 aromatic heterocycles. The highest BCUT2D eigenvalue weighted by atomic mass is 35.5.